The molecular weight excluding hydrogens is 258 g/mol. The molecule has 17 heavy (non-hydrogen) atoms. The zero-order valence-electron chi connectivity index (χ0n) is 9.52. The maximum Gasteiger partial charge on any atom is 0.0992 e. The van der Waals surface area contributed by atoms with E-state index in [1.165, 1.54) is 11.8 Å². The number of rotatable bonds is 6. The van der Waals surface area contributed by atoms with E-state index in [0.29, 0.717) is 29.6 Å². The van der Waals surface area contributed by atoms with E-state index in [2.05, 4.69) is 0 Å². The first-order chi connectivity index (χ1) is 8.17. The van der Waals surface area contributed by atoms with Crippen molar-refractivity contribution in [3.05, 3.63) is 28.8 Å². The Morgan fingerprint density at radius 1 is 1.59 bits per heavy atom. The lowest BCUT2D eigenvalue weighted by Crippen LogP contribution is -2.17. The second kappa shape index (κ2) is 7.57. The van der Waals surface area contributed by atoms with E-state index in [-0.39, 0.29) is 0 Å². The van der Waals surface area contributed by atoms with Gasteiger partial charge in [0.25, 0.3) is 0 Å². The van der Waals surface area contributed by atoms with Crippen molar-refractivity contribution in [1.82, 2.24) is 0 Å². The Kier molecular flexibility index (Phi) is 6.38. The van der Waals surface area contributed by atoms with Crippen molar-refractivity contribution in [3.63, 3.8) is 0 Å². The normalized spacial score (nSPS) is 12.1. The van der Waals surface area contributed by atoms with Crippen LogP contribution in [0, 0.1) is 11.3 Å². The molecule has 1 aromatic carbocycles. The number of hydrogen-bond donors (Lipinski definition) is 1. The van der Waals surface area contributed by atoms with Gasteiger partial charge in [0, 0.05) is 17.3 Å². The van der Waals surface area contributed by atoms with Crippen LogP contribution < -0.4 is 0 Å². The van der Waals surface area contributed by atoms with Gasteiger partial charge in [-0.3, -0.25) is 0 Å². The summed E-state index contributed by atoms with van der Waals surface area (Å²) < 4.78 is 5.11. The predicted molar refractivity (Wildman–Crippen MR) is 69.4 cm³/mol. The molecule has 0 aliphatic rings. The third-order valence-corrected chi connectivity index (χ3v) is 3.65. The summed E-state index contributed by atoms with van der Waals surface area (Å²) in [6, 6.07) is 7.15. The maximum atomic E-state index is 9.59. The molecule has 5 heteroatoms. The van der Waals surface area contributed by atoms with E-state index < -0.39 is 6.10 Å². The van der Waals surface area contributed by atoms with Crippen LogP contribution in [-0.2, 0) is 4.74 Å². The quantitative estimate of drug-likeness (QED) is 0.809. The van der Waals surface area contributed by atoms with Crippen molar-refractivity contribution < 1.29 is 9.84 Å². The minimum Gasteiger partial charge on any atom is -0.390 e. The molecule has 0 saturated carbocycles. The van der Waals surface area contributed by atoms with Crippen LogP contribution in [0.25, 0.3) is 0 Å². The highest BCUT2D eigenvalue weighted by Gasteiger charge is 2.07. The van der Waals surface area contributed by atoms with Crippen LogP contribution in [0.5, 0.6) is 0 Å². The van der Waals surface area contributed by atoms with Gasteiger partial charge in [0.1, 0.15) is 0 Å². The maximum absolute atomic E-state index is 9.59. The third kappa shape index (κ3) is 4.97. The number of nitrogens with zero attached hydrogens (tertiary/aromatic N) is 1. The van der Waals surface area contributed by atoms with Crippen LogP contribution in [0.3, 0.4) is 0 Å². The number of hydrogen-bond acceptors (Lipinski definition) is 4. The van der Waals surface area contributed by atoms with E-state index in [1.807, 2.05) is 13.0 Å². The molecule has 1 rings (SSSR count). The molecule has 3 nitrogen and oxygen atoms in total. The van der Waals surface area contributed by atoms with Gasteiger partial charge in [0.05, 0.1) is 29.4 Å². The monoisotopic (exact) mass is 271 g/mol. The smallest absolute Gasteiger partial charge is 0.0992 e. The van der Waals surface area contributed by atoms with Crippen molar-refractivity contribution in [2.24, 2.45) is 0 Å². The fraction of sp³-hybridized carbons (Fsp3) is 0.417. The van der Waals surface area contributed by atoms with Gasteiger partial charge >= 0.3 is 0 Å². The van der Waals surface area contributed by atoms with Crippen LogP contribution in [0.4, 0.5) is 0 Å². The van der Waals surface area contributed by atoms with Gasteiger partial charge in [-0.05, 0) is 25.1 Å². The number of aliphatic hydroxyl groups is 1. The summed E-state index contributed by atoms with van der Waals surface area (Å²) in [5, 5.41) is 18.8. The molecule has 1 N–H and O–H groups in total. The van der Waals surface area contributed by atoms with Crippen LogP contribution in [0.2, 0.25) is 5.02 Å². The molecule has 0 bridgehead atoms. The van der Waals surface area contributed by atoms with E-state index in [9.17, 15) is 5.11 Å². The second-order valence-electron chi connectivity index (χ2n) is 3.38. The van der Waals surface area contributed by atoms with Crippen molar-refractivity contribution in [2.45, 2.75) is 17.9 Å². The lowest BCUT2D eigenvalue weighted by atomic mass is 10.2. The van der Waals surface area contributed by atoms with Crippen molar-refractivity contribution >= 4 is 23.4 Å². The second-order valence-corrected chi connectivity index (χ2v) is 4.85. The minimum absolute atomic E-state index is 0.331. The minimum atomic E-state index is -0.508. The molecule has 0 radical (unpaired) electrons. The first kappa shape index (κ1) is 14.3. The zero-order valence-corrected chi connectivity index (χ0v) is 11.1. The summed E-state index contributed by atoms with van der Waals surface area (Å²) >= 11 is 7.46. The molecule has 1 aromatic rings. The largest absolute Gasteiger partial charge is 0.390 e. The Balaban J connectivity index is 2.49. The van der Waals surface area contributed by atoms with Crippen molar-refractivity contribution in [2.75, 3.05) is 19.0 Å². The molecule has 0 aliphatic heterocycles. The Morgan fingerprint density at radius 2 is 2.35 bits per heavy atom. The highest BCUT2D eigenvalue weighted by molar-refractivity contribution is 7.99. The van der Waals surface area contributed by atoms with Crippen molar-refractivity contribution in [3.8, 4) is 6.07 Å². The number of thioether (sulfide) groups is 1. The number of ether oxygens (including phenoxy) is 1. The van der Waals surface area contributed by atoms with Gasteiger partial charge in [0.15, 0.2) is 0 Å². The summed E-state index contributed by atoms with van der Waals surface area (Å²) in [6.07, 6.45) is -0.508. The topological polar surface area (TPSA) is 53.2 Å². The number of benzene rings is 1. The van der Waals surface area contributed by atoms with Crippen LogP contribution in [-0.4, -0.2) is 30.2 Å². The van der Waals surface area contributed by atoms with E-state index in [0.717, 1.165) is 4.90 Å². The standard InChI is InChI=1S/C12H14ClNO2S/c1-2-16-7-10(15)8-17-12-4-3-9(6-14)5-11(12)13/h3-5,10,15H,2,7-8H2,1H3/t10-/m0/s1. The fourth-order valence-corrected chi connectivity index (χ4v) is 2.35. The fourth-order valence-electron chi connectivity index (χ4n) is 1.18. The molecule has 0 aromatic heterocycles. The molecule has 0 saturated heterocycles. The average molecular weight is 272 g/mol. The summed E-state index contributed by atoms with van der Waals surface area (Å²) in [4.78, 5) is 0.862. The van der Waals surface area contributed by atoms with Crippen LogP contribution in [0.1, 0.15) is 12.5 Å². The molecular formula is C12H14ClNO2S. The van der Waals surface area contributed by atoms with Gasteiger partial charge in [-0.15, -0.1) is 11.8 Å². The summed E-state index contributed by atoms with van der Waals surface area (Å²) in [5.74, 6) is 0.519. The lowest BCUT2D eigenvalue weighted by Gasteiger charge is -2.10. The number of aliphatic hydroxyl groups excluding tert-OH is 1. The highest BCUT2D eigenvalue weighted by atomic mass is 35.5. The van der Waals surface area contributed by atoms with Gasteiger partial charge in [-0.25, -0.2) is 0 Å². The van der Waals surface area contributed by atoms with E-state index in [4.69, 9.17) is 21.6 Å². The summed E-state index contributed by atoms with van der Waals surface area (Å²) in [7, 11) is 0. The molecule has 1 atom stereocenters. The summed E-state index contributed by atoms with van der Waals surface area (Å²) in [6.45, 7) is 2.81. The molecule has 0 amide bonds. The Hall–Kier alpha value is -0.730. The van der Waals surface area contributed by atoms with Gasteiger partial charge in [-0.2, -0.15) is 5.26 Å². The molecule has 92 valence electrons. The number of nitriles is 1. The Bertz CT molecular complexity index is 406. The Morgan fingerprint density at radius 3 is 2.94 bits per heavy atom. The van der Waals surface area contributed by atoms with Crippen LogP contribution >= 0.6 is 23.4 Å². The zero-order chi connectivity index (χ0) is 12.7. The number of halogens is 1. The lowest BCUT2D eigenvalue weighted by molar-refractivity contribution is 0.0551. The van der Waals surface area contributed by atoms with Crippen LogP contribution in [0.15, 0.2) is 23.1 Å². The first-order valence-corrected chi connectivity index (χ1v) is 6.62. The Labute approximate surface area is 110 Å². The molecule has 0 unspecified atom stereocenters. The molecule has 0 spiro atoms. The first-order valence-electron chi connectivity index (χ1n) is 5.25. The molecule has 0 fully saturated rings. The van der Waals surface area contributed by atoms with E-state index in [1.54, 1.807) is 18.2 Å². The van der Waals surface area contributed by atoms with E-state index >= 15 is 0 Å². The highest BCUT2D eigenvalue weighted by Crippen LogP contribution is 2.28. The van der Waals surface area contributed by atoms with Gasteiger partial charge in [-0.1, -0.05) is 11.6 Å². The molecule has 0 heterocycles. The van der Waals surface area contributed by atoms with Crippen molar-refractivity contribution in [1.29, 1.82) is 5.26 Å². The van der Waals surface area contributed by atoms with Gasteiger partial charge < -0.3 is 9.84 Å². The van der Waals surface area contributed by atoms with Gasteiger partial charge in [0.2, 0.25) is 0 Å². The average Bonchev–Trinajstić information content (AvgIpc) is 2.34. The SMILES string of the molecule is CCOC[C@H](O)CSc1ccc(C#N)cc1Cl. The summed E-state index contributed by atoms with van der Waals surface area (Å²) in [5.41, 5.74) is 0.536. The molecule has 0 aliphatic carbocycles. The predicted octanol–water partition coefficient (Wildman–Crippen LogP) is 2.70. The third-order valence-electron chi connectivity index (χ3n) is 2.01.